The summed E-state index contributed by atoms with van der Waals surface area (Å²) in [4.78, 5) is 16.6. The van der Waals surface area contributed by atoms with Crippen LogP contribution in [-0.4, -0.2) is 35.7 Å². The molecule has 2 aromatic carbocycles. The van der Waals surface area contributed by atoms with Gasteiger partial charge in [0.25, 0.3) is 5.91 Å². The summed E-state index contributed by atoms with van der Waals surface area (Å²) in [6, 6.07) is 14.5. The molecule has 9 heteroatoms. The summed E-state index contributed by atoms with van der Waals surface area (Å²) in [5.41, 5.74) is 2.16. The lowest BCUT2D eigenvalue weighted by Crippen LogP contribution is -2.12. The van der Waals surface area contributed by atoms with Crippen LogP contribution in [0.25, 0.3) is 5.69 Å². The number of amides is 1. The van der Waals surface area contributed by atoms with Gasteiger partial charge in [-0.3, -0.25) is 4.79 Å². The van der Waals surface area contributed by atoms with Crippen molar-refractivity contribution in [1.82, 2.24) is 29.8 Å². The minimum Gasteiger partial charge on any atom is -0.486 e. The fourth-order valence-corrected chi connectivity index (χ4v) is 2.78. The van der Waals surface area contributed by atoms with Gasteiger partial charge in [-0.15, -0.1) is 5.10 Å². The molecule has 1 amide bonds. The molecule has 2 heterocycles. The molecule has 29 heavy (non-hydrogen) atoms. The Morgan fingerprint density at radius 1 is 1.17 bits per heavy atom. The number of imidazole rings is 1. The van der Waals surface area contributed by atoms with E-state index < -0.39 is 0 Å². The van der Waals surface area contributed by atoms with Crippen LogP contribution in [-0.2, 0) is 13.2 Å². The van der Waals surface area contributed by atoms with E-state index in [1.165, 1.54) is 0 Å². The first-order valence-electron chi connectivity index (χ1n) is 9.10. The number of tetrazole rings is 1. The molecular formula is C20H19N7O2. The number of hydrogen-bond donors (Lipinski definition) is 1. The maximum atomic E-state index is 12.6. The zero-order chi connectivity index (χ0) is 20.1. The van der Waals surface area contributed by atoms with Gasteiger partial charge in [-0.2, -0.15) is 0 Å². The van der Waals surface area contributed by atoms with E-state index in [0.717, 1.165) is 5.69 Å². The standard InChI is InChI=1S/C20H19N7O2/c1-2-27-19(23-24-25-27)13-29-18-5-3-4-15(12-18)20(28)22-16-6-8-17(9-7-16)26-11-10-21-14-26/h3-12,14H,2,13H2,1H3,(H,22,28). The lowest BCUT2D eigenvalue weighted by molar-refractivity contribution is 0.102. The Balaban J connectivity index is 1.40. The van der Waals surface area contributed by atoms with Crippen LogP contribution < -0.4 is 10.1 Å². The van der Waals surface area contributed by atoms with Gasteiger partial charge in [0.2, 0.25) is 0 Å². The highest BCUT2D eigenvalue weighted by molar-refractivity contribution is 6.04. The Labute approximate surface area is 167 Å². The fourth-order valence-electron chi connectivity index (χ4n) is 2.78. The second kappa shape index (κ2) is 8.34. The molecule has 0 atom stereocenters. The molecule has 0 aliphatic carbocycles. The molecule has 0 saturated carbocycles. The predicted molar refractivity (Wildman–Crippen MR) is 106 cm³/mol. The number of hydrogen-bond acceptors (Lipinski definition) is 6. The Morgan fingerprint density at radius 2 is 2.03 bits per heavy atom. The molecule has 0 saturated heterocycles. The van der Waals surface area contributed by atoms with Crippen molar-refractivity contribution in [2.45, 2.75) is 20.1 Å². The van der Waals surface area contributed by atoms with Gasteiger partial charge in [-0.25, -0.2) is 9.67 Å². The van der Waals surface area contributed by atoms with Crippen LogP contribution in [0.3, 0.4) is 0 Å². The fraction of sp³-hybridized carbons (Fsp3) is 0.150. The zero-order valence-electron chi connectivity index (χ0n) is 15.8. The molecule has 4 aromatic rings. The van der Waals surface area contributed by atoms with Crippen molar-refractivity contribution in [3.63, 3.8) is 0 Å². The Morgan fingerprint density at radius 3 is 2.79 bits per heavy atom. The first-order valence-corrected chi connectivity index (χ1v) is 9.10. The monoisotopic (exact) mass is 389 g/mol. The summed E-state index contributed by atoms with van der Waals surface area (Å²) in [6.07, 6.45) is 5.30. The van der Waals surface area contributed by atoms with E-state index in [4.69, 9.17) is 4.74 Å². The van der Waals surface area contributed by atoms with Gasteiger partial charge in [0.1, 0.15) is 12.4 Å². The van der Waals surface area contributed by atoms with Crippen molar-refractivity contribution in [3.8, 4) is 11.4 Å². The predicted octanol–water partition coefficient (Wildman–Crippen LogP) is 2.71. The van der Waals surface area contributed by atoms with Crippen LogP contribution in [0.5, 0.6) is 5.75 Å². The Kier molecular flexibility index (Phi) is 5.28. The molecule has 1 N–H and O–H groups in total. The first kappa shape index (κ1) is 18.4. The van der Waals surface area contributed by atoms with E-state index in [0.29, 0.717) is 29.4 Å². The third-order valence-corrected chi connectivity index (χ3v) is 4.30. The largest absolute Gasteiger partial charge is 0.486 e. The number of carbonyl (C=O) groups is 1. The molecule has 2 aromatic heterocycles. The number of benzene rings is 2. The summed E-state index contributed by atoms with van der Waals surface area (Å²) in [5.74, 6) is 0.975. The maximum absolute atomic E-state index is 12.6. The van der Waals surface area contributed by atoms with E-state index >= 15 is 0 Å². The van der Waals surface area contributed by atoms with Crippen LogP contribution in [0.15, 0.2) is 67.3 Å². The summed E-state index contributed by atoms with van der Waals surface area (Å²) < 4.78 is 9.29. The van der Waals surface area contributed by atoms with Gasteiger partial charge >= 0.3 is 0 Å². The molecule has 0 aliphatic rings. The topological polar surface area (TPSA) is 99.8 Å². The number of nitrogens with one attached hydrogen (secondary N) is 1. The zero-order valence-corrected chi connectivity index (χ0v) is 15.8. The van der Waals surface area contributed by atoms with Gasteiger partial charge < -0.3 is 14.6 Å². The summed E-state index contributed by atoms with van der Waals surface area (Å²) >= 11 is 0. The molecule has 4 rings (SSSR count). The van der Waals surface area contributed by atoms with Crippen molar-refractivity contribution in [2.24, 2.45) is 0 Å². The molecule has 0 aliphatic heterocycles. The highest BCUT2D eigenvalue weighted by Gasteiger charge is 2.09. The number of aryl methyl sites for hydroxylation is 1. The van der Waals surface area contributed by atoms with Gasteiger partial charge in [0.05, 0.1) is 6.33 Å². The second-order valence-electron chi connectivity index (χ2n) is 6.20. The third-order valence-electron chi connectivity index (χ3n) is 4.30. The van der Waals surface area contributed by atoms with Gasteiger partial charge in [0.15, 0.2) is 5.82 Å². The number of ether oxygens (including phenoxy) is 1. The molecule has 0 spiro atoms. The minimum atomic E-state index is -0.218. The highest BCUT2D eigenvalue weighted by Crippen LogP contribution is 2.18. The van der Waals surface area contributed by atoms with Crippen molar-refractivity contribution < 1.29 is 9.53 Å². The lowest BCUT2D eigenvalue weighted by atomic mass is 10.2. The number of anilines is 1. The van der Waals surface area contributed by atoms with Gasteiger partial charge in [-0.1, -0.05) is 6.07 Å². The van der Waals surface area contributed by atoms with Crippen molar-refractivity contribution in [3.05, 3.63) is 78.6 Å². The Bertz CT molecular complexity index is 1090. The van der Waals surface area contributed by atoms with Crippen molar-refractivity contribution in [2.75, 3.05) is 5.32 Å². The average Bonchev–Trinajstić information content (AvgIpc) is 3.45. The van der Waals surface area contributed by atoms with E-state index in [9.17, 15) is 4.79 Å². The van der Waals surface area contributed by atoms with E-state index in [1.807, 2.05) is 42.0 Å². The summed E-state index contributed by atoms with van der Waals surface area (Å²) in [6.45, 7) is 2.84. The average molecular weight is 389 g/mol. The maximum Gasteiger partial charge on any atom is 0.255 e. The van der Waals surface area contributed by atoms with Crippen molar-refractivity contribution >= 4 is 11.6 Å². The van der Waals surface area contributed by atoms with Crippen molar-refractivity contribution in [1.29, 1.82) is 0 Å². The van der Waals surface area contributed by atoms with Gasteiger partial charge in [-0.05, 0) is 59.8 Å². The Hall–Kier alpha value is -4.01. The summed E-state index contributed by atoms with van der Waals surface area (Å²) in [5, 5.41) is 14.3. The molecule has 9 nitrogen and oxygen atoms in total. The van der Waals surface area contributed by atoms with Crippen LogP contribution in [0.1, 0.15) is 23.1 Å². The third kappa shape index (κ3) is 4.29. The number of nitrogens with zero attached hydrogens (tertiary/aromatic N) is 6. The minimum absolute atomic E-state index is 0.218. The lowest BCUT2D eigenvalue weighted by Gasteiger charge is -2.09. The molecule has 146 valence electrons. The highest BCUT2D eigenvalue weighted by atomic mass is 16.5. The number of aromatic nitrogens is 6. The van der Waals surface area contributed by atoms with Crippen LogP contribution in [0.4, 0.5) is 5.69 Å². The van der Waals surface area contributed by atoms with E-state index in [1.54, 1.807) is 41.5 Å². The first-order chi connectivity index (χ1) is 14.2. The number of carbonyl (C=O) groups excluding carboxylic acids is 1. The smallest absolute Gasteiger partial charge is 0.255 e. The molecule has 0 fully saturated rings. The van der Waals surface area contributed by atoms with Crippen LogP contribution >= 0.6 is 0 Å². The van der Waals surface area contributed by atoms with Crippen LogP contribution in [0.2, 0.25) is 0 Å². The normalized spacial score (nSPS) is 10.7. The summed E-state index contributed by atoms with van der Waals surface area (Å²) in [7, 11) is 0. The molecule has 0 bridgehead atoms. The van der Waals surface area contributed by atoms with E-state index in [-0.39, 0.29) is 12.5 Å². The quantitative estimate of drug-likeness (QED) is 0.522. The van der Waals surface area contributed by atoms with E-state index in [2.05, 4.69) is 25.8 Å². The van der Waals surface area contributed by atoms with Gasteiger partial charge in [0, 0.05) is 35.9 Å². The molecule has 0 radical (unpaired) electrons. The number of rotatable bonds is 7. The molecular weight excluding hydrogens is 370 g/mol. The van der Waals surface area contributed by atoms with Crippen LogP contribution in [0, 0.1) is 0 Å². The molecule has 0 unspecified atom stereocenters. The second-order valence-corrected chi connectivity index (χ2v) is 6.20. The SMILES string of the molecule is CCn1nnnc1COc1cccc(C(=O)Nc2ccc(-n3ccnc3)cc2)c1.